The molecule has 0 amide bonds. The van der Waals surface area contributed by atoms with Crippen molar-refractivity contribution < 1.29 is 0 Å². The molecule has 3 rings (SSSR count). The molecule has 0 aliphatic carbocycles. The van der Waals surface area contributed by atoms with E-state index in [0.29, 0.717) is 5.92 Å². The zero-order chi connectivity index (χ0) is 12.4. The highest BCUT2D eigenvalue weighted by Crippen LogP contribution is 2.40. The van der Waals surface area contributed by atoms with Gasteiger partial charge in [-0.05, 0) is 35.7 Å². The number of aromatic nitrogens is 1. The molecule has 92 valence electrons. The first-order valence-corrected chi connectivity index (χ1v) is 7.19. The van der Waals surface area contributed by atoms with Gasteiger partial charge in [0.2, 0.25) is 0 Å². The van der Waals surface area contributed by atoms with Crippen molar-refractivity contribution in [2.75, 3.05) is 5.75 Å². The molecule has 18 heavy (non-hydrogen) atoms. The number of thioether (sulfide) groups is 1. The Bertz CT molecular complexity index is 527. The summed E-state index contributed by atoms with van der Waals surface area (Å²) >= 11 is 1.92. The second kappa shape index (κ2) is 5.12. The van der Waals surface area contributed by atoms with E-state index in [4.69, 9.17) is 5.73 Å². The van der Waals surface area contributed by atoms with E-state index < -0.39 is 0 Å². The molecule has 2 N–H and O–H groups in total. The largest absolute Gasteiger partial charge is 0.327 e. The van der Waals surface area contributed by atoms with Gasteiger partial charge in [-0.3, -0.25) is 4.98 Å². The van der Waals surface area contributed by atoms with Crippen LogP contribution in [0.1, 0.15) is 17.0 Å². The molecule has 1 aliphatic rings. The lowest BCUT2D eigenvalue weighted by molar-refractivity contribution is 0.572. The lowest BCUT2D eigenvalue weighted by Gasteiger charge is -2.19. The molecule has 2 heterocycles. The summed E-state index contributed by atoms with van der Waals surface area (Å²) in [6, 6.07) is 12.9. The molecule has 1 aromatic carbocycles. The minimum Gasteiger partial charge on any atom is -0.327 e. The van der Waals surface area contributed by atoms with Crippen molar-refractivity contribution in [1.82, 2.24) is 4.98 Å². The molecular formula is C15H16N2S. The molecule has 2 atom stereocenters. The van der Waals surface area contributed by atoms with Crippen molar-refractivity contribution in [1.29, 1.82) is 0 Å². The highest BCUT2D eigenvalue weighted by Gasteiger charge is 2.27. The number of hydrogen-bond acceptors (Lipinski definition) is 3. The van der Waals surface area contributed by atoms with Crippen LogP contribution in [0.3, 0.4) is 0 Å². The van der Waals surface area contributed by atoms with Crippen molar-refractivity contribution in [3.63, 3.8) is 0 Å². The third-order valence-corrected chi connectivity index (χ3v) is 4.68. The molecule has 1 aliphatic heterocycles. The number of pyridine rings is 1. The molecule has 3 heteroatoms. The van der Waals surface area contributed by atoms with Crippen LogP contribution < -0.4 is 5.73 Å². The summed E-state index contributed by atoms with van der Waals surface area (Å²) < 4.78 is 0. The van der Waals surface area contributed by atoms with Crippen molar-refractivity contribution >= 4 is 11.8 Å². The molecule has 0 spiro atoms. The highest BCUT2D eigenvalue weighted by molar-refractivity contribution is 7.99. The lowest BCUT2D eigenvalue weighted by atomic mass is 9.90. The van der Waals surface area contributed by atoms with E-state index >= 15 is 0 Å². The van der Waals surface area contributed by atoms with E-state index in [1.807, 2.05) is 36.3 Å². The number of benzene rings is 1. The van der Waals surface area contributed by atoms with Crippen molar-refractivity contribution in [3.05, 3.63) is 59.9 Å². The molecular weight excluding hydrogens is 240 g/mol. The van der Waals surface area contributed by atoms with Crippen LogP contribution in [0.5, 0.6) is 0 Å². The first-order valence-electron chi connectivity index (χ1n) is 6.21. The van der Waals surface area contributed by atoms with Gasteiger partial charge < -0.3 is 5.73 Å². The third kappa shape index (κ3) is 2.28. The van der Waals surface area contributed by atoms with Crippen LogP contribution in [0.25, 0.3) is 0 Å². The van der Waals surface area contributed by atoms with Crippen LogP contribution in [0.4, 0.5) is 0 Å². The zero-order valence-corrected chi connectivity index (χ0v) is 10.9. The fourth-order valence-electron chi connectivity index (χ4n) is 2.48. The maximum absolute atomic E-state index is 6.39. The topological polar surface area (TPSA) is 38.9 Å². The normalized spacial score (nSPS) is 19.5. The molecule has 0 saturated heterocycles. The molecule has 2 unspecified atom stereocenters. The number of nitrogens with two attached hydrogens (primary N) is 1. The second-order valence-electron chi connectivity index (χ2n) is 4.68. The first-order chi connectivity index (χ1) is 8.84. The molecule has 2 nitrogen and oxygen atoms in total. The van der Waals surface area contributed by atoms with Crippen LogP contribution in [0.15, 0.2) is 53.7 Å². The lowest BCUT2D eigenvalue weighted by Crippen LogP contribution is -2.30. The van der Waals surface area contributed by atoms with E-state index in [1.165, 1.54) is 16.0 Å². The molecule has 0 radical (unpaired) electrons. The minimum absolute atomic E-state index is 0.184. The summed E-state index contributed by atoms with van der Waals surface area (Å²) in [5.74, 6) is 1.57. The Balaban J connectivity index is 1.77. The summed E-state index contributed by atoms with van der Waals surface area (Å²) in [5, 5.41) is 0. The zero-order valence-electron chi connectivity index (χ0n) is 10.1. The van der Waals surface area contributed by atoms with Crippen LogP contribution in [-0.2, 0) is 6.42 Å². The van der Waals surface area contributed by atoms with E-state index in [0.717, 1.165) is 12.2 Å². The number of fused-ring (bicyclic) bond motifs is 1. The minimum atomic E-state index is 0.184. The molecule has 0 bridgehead atoms. The van der Waals surface area contributed by atoms with E-state index in [2.05, 4.69) is 29.2 Å². The summed E-state index contributed by atoms with van der Waals surface area (Å²) in [6.45, 7) is 0. The quantitative estimate of drug-likeness (QED) is 0.917. The Morgan fingerprint density at radius 3 is 2.83 bits per heavy atom. The van der Waals surface area contributed by atoms with Crippen molar-refractivity contribution in [2.24, 2.45) is 5.73 Å². The third-order valence-electron chi connectivity index (χ3n) is 3.47. The average Bonchev–Trinajstić information content (AvgIpc) is 2.84. The summed E-state index contributed by atoms with van der Waals surface area (Å²) in [5.41, 5.74) is 9.08. The second-order valence-corrected chi connectivity index (χ2v) is 5.74. The Kier molecular flexibility index (Phi) is 3.35. The SMILES string of the molecule is NC(Cc1ccncc1)C1CSc2ccccc21. The van der Waals surface area contributed by atoms with Crippen LogP contribution >= 0.6 is 11.8 Å². The fourth-order valence-corrected chi connectivity index (χ4v) is 3.82. The van der Waals surface area contributed by atoms with Gasteiger partial charge in [-0.1, -0.05) is 18.2 Å². The smallest absolute Gasteiger partial charge is 0.0270 e. The predicted octanol–water partition coefficient (Wildman–Crippen LogP) is 2.84. The van der Waals surface area contributed by atoms with Gasteiger partial charge >= 0.3 is 0 Å². The van der Waals surface area contributed by atoms with Crippen LogP contribution in [-0.4, -0.2) is 16.8 Å². The van der Waals surface area contributed by atoms with Gasteiger partial charge in [0.25, 0.3) is 0 Å². The molecule has 0 fully saturated rings. The fraction of sp³-hybridized carbons (Fsp3) is 0.267. The number of rotatable bonds is 3. The Morgan fingerprint density at radius 1 is 1.22 bits per heavy atom. The van der Waals surface area contributed by atoms with Gasteiger partial charge in [0.15, 0.2) is 0 Å². The highest BCUT2D eigenvalue weighted by atomic mass is 32.2. The van der Waals surface area contributed by atoms with E-state index in [9.17, 15) is 0 Å². The summed E-state index contributed by atoms with van der Waals surface area (Å²) in [7, 11) is 0. The molecule has 2 aromatic rings. The Hall–Kier alpha value is -1.32. The van der Waals surface area contributed by atoms with Crippen LogP contribution in [0, 0.1) is 0 Å². The van der Waals surface area contributed by atoms with E-state index in [1.54, 1.807) is 0 Å². The summed E-state index contributed by atoms with van der Waals surface area (Å²) in [4.78, 5) is 5.44. The monoisotopic (exact) mass is 256 g/mol. The van der Waals surface area contributed by atoms with Gasteiger partial charge in [-0.15, -0.1) is 11.8 Å². The maximum atomic E-state index is 6.39. The first kappa shape index (κ1) is 11.8. The van der Waals surface area contributed by atoms with Crippen molar-refractivity contribution in [2.45, 2.75) is 23.3 Å². The van der Waals surface area contributed by atoms with Gasteiger partial charge in [0.1, 0.15) is 0 Å². The summed E-state index contributed by atoms with van der Waals surface area (Å²) in [6.07, 6.45) is 4.58. The molecule has 0 saturated carbocycles. The van der Waals surface area contributed by atoms with Gasteiger partial charge in [0.05, 0.1) is 0 Å². The van der Waals surface area contributed by atoms with Gasteiger partial charge in [0, 0.05) is 35.0 Å². The number of hydrogen-bond donors (Lipinski definition) is 1. The van der Waals surface area contributed by atoms with Gasteiger partial charge in [-0.2, -0.15) is 0 Å². The molecule has 1 aromatic heterocycles. The van der Waals surface area contributed by atoms with E-state index in [-0.39, 0.29) is 6.04 Å². The van der Waals surface area contributed by atoms with Gasteiger partial charge in [-0.25, -0.2) is 0 Å². The Morgan fingerprint density at radius 2 is 2.00 bits per heavy atom. The maximum Gasteiger partial charge on any atom is 0.0270 e. The number of nitrogens with zero attached hydrogens (tertiary/aromatic N) is 1. The van der Waals surface area contributed by atoms with Crippen molar-refractivity contribution in [3.8, 4) is 0 Å². The Labute approximate surface area is 112 Å². The predicted molar refractivity (Wildman–Crippen MR) is 75.8 cm³/mol. The average molecular weight is 256 g/mol. The standard InChI is InChI=1S/C15H16N2S/c16-14(9-11-5-7-17-8-6-11)13-10-18-15-4-2-1-3-12(13)15/h1-8,13-14H,9-10,16H2. The van der Waals surface area contributed by atoms with Crippen LogP contribution in [0.2, 0.25) is 0 Å².